The summed E-state index contributed by atoms with van der Waals surface area (Å²) in [6.07, 6.45) is 0. The minimum absolute atomic E-state index is 0.167. The van der Waals surface area contributed by atoms with Crippen LogP contribution in [0.3, 0.4) is 0 Å². The molecule has 0 amide bonds. The second-order valence-electron chi connectivity index (χ2n) is 3.07. The Morgan fingerprint density at radius 3 is 2.69 bits per heavy atom. The first-order valence-electron chi connectivity index (χ1n) is 4.12. The van der Waals surface area contributed by atoms with Crippen LogP contribution in [0.15, 0.2) is 28.7 Å². The first-order valence-corrected chi connectivity index (χ1v) is 4.50. The molecule has 0 spiro atoms. The minimum Gasteiger partial charge on any atom is -0.458 e. The maximum absolute atomic E-state index is 6.08. The third-order valence-corrected chi connectivity index (χ3v) is 2.36. The average Bonchev–Trinajstić information content (AvgIpc) is 2.45. The molecule has 0 radical (unpaired) electrons. The Morgan fingerprint density at radius 1 is 1.38 bits per heavy atom. The monoisotopic (exact) mass is 195 g/mol. The summed E-state index contributed by atoms with van der Waals surface area (Å²) >= 11 is 6.08. The molecule has 2 nitrogen and oxygen atoms in total. The number of halogens is 1. The number of nitrogens with two attached hydrogens (primary N) is 1. The molecule has 0 saturated heterocycles. The molecule has 2 aromatic rings. The van der Waals surface area contributed by atoms with Crippen LogP contribution in [0.5, 0.6) is 0 Å². The van der Waals surface area contributed by atoms with E-state index in [1.165, 1.54) is 0 Å². The summed E-state index contributed by atoms with van der Waals surface area (Å²) in [5, 5.41) is 1.56. The summed E-state index contributed by atoms with van der Waals surface area (Å²) in [6, 6.07) is 7.47. The van der Waals surface area contributed by atoms with Gasteiger partial charge in [0.15, 0.2) is 0 Å². The van der Waals surface area contributed by atoms with E-state index >= 15 is 0 Å². The molecular weight excluding hydrogens is 186 g/mol. The fraction of sp³-hybridized carbons (Fsp3) is 0.200. The van der Waals surface area contributed by atoms with Gasteiger partial charge in [0.05, 0.1) is 11.1 Å². The van der Waals surface area contributed by atoms with E-state index in [9.17, 15) is 0 Å². The molecule has 0 aliphatic heterocycles. The Bertz CT molecular complexity index is 433. The largest absolute Gasteiger partial charge is 0.458 e. The first-order chi connectivity index (χ1) is 6.20. The van der Waals surface area contributed by atoms with Gasteiger partial charge < -0.3 is 10.2 Å². The van der Waals surface area contributed by atoms with Gasteiger partial charge in [0.25, 0.3) is 0 Å². The number of benzene rings is 1. The van der Waals surface area contributed by atoms with Crippen LogP contribution in [0.4, 0.5) is 0 Å². The molecule has 1 aromatic carbocycles. The molecule has 68 valence electrons. The molecule has 13 heavy (non-hydrogen) atoms. The van der Waals surface area contributed by atoms with Crippen molar-refractivity contribution in [3.8, 4) is 0 Å². The predicted molar refractivity (Wildman–Crippen MR) is 53.8 cm³/mol. The van der Waals surface area contributed by atoms with Crippen LogP contribution in [0, 0.1) is 0 Å². The van der Waals surface area contributed by atoms with E-state index in [1.54, 1.807) is 0 Å². The lowest BCUT2D eigenvalue weighted by Gasteiger charge is -1.98. The van der Waals surface area contributed by atoms with Crippen molar-refractivity contribution in [3.05, 3.63) is 35.0 Å². The smallest absolute Gasteiger partial charge is 0.140 e. The Labute approximate surface area is 81.3 Å². The normalized spacial score (nSPS) is 13.5. The van der Waals surface area contributed by atoms with Gasteiger partial charge in [-0.15, -0.1) is 0 Å². The lowest BCUT2D eigenvalue weighted by atomic mass is 10.2. The highest BCUT2D eigenvalue weighted by molar-refractivity contribution is 6.36. The number of rotatable bonds is 1. The van der Waals surface area contributed by atoms with Gasteiger partial charge in [-0.25, -0.2) is 0 Å². The summed E-state index contributed by atoms with van der Waals surface area (Å²) in [5.74, 6) is 0.655. The Morgan fingerprint density at radius 2 is 2.08 bits per heavy atom. The highest BCUT2D eigenvalue weighted by Gasteiger charge is 2.14. The van der Waals surface area contributed by atoms with Crippen LogP contribution in [0.2, 0.25) is 5.02 Å². The Balaban J connectivity index is 2.74. The van der Waals surface area contributed by atoms with Crippen LogP contribution in [0.1, 0.15) is 18.7 Å². The van der Waals surface area contributed by atoms with E-state index in [0.29, 0.717) is 10.8 Å². The predicted octanol–water partition coefficient (Wildman–Crippen LogP) is 3.11. The van der Waals surface area contributed by atoms with E-state index in [4.69, 9.17) is 21.8 Å². The van der Waals surface area contributed by atoms with Gasteiger partial charge in [-0.1, -0.05) is 23.7 Å². The van der Waals surface area contributed by atoms with Crippen LogP contribution in [-0.2, 0) is 0 Å². The molecule has 0 saturated carbocycles. The molecule has 3 heteroatoms. The number of para-hydroxylation sites is 1. The standard InChI is InChI=1S/C10H10ClNO/c1-6(12)10-9(11)7-4-2-3-5-8(7)13-10/h2-6H,12H2,1H3. The maximum Gasteiger partial charge on any atom is 0.140 e. The van der Waals surface area contributed by atoms with Crippen molar-refractivity contribution in [2.75, 3.05) is 0 Å². The van der Waals surface area contributed by atoms with Gasteiger partial charge in [-0.3, -0.25) is 0 Å². The second-order valence-corrected chi connectivity index (χ2v) is 3.44. The molecule has 0 aliphatic rings. The van der Waals surface area contributed by atoms with Gasteiger partial charge in [0, 0.05) is 5.39 Å². The molecule has 2 rings (SSSR count). The molecule has 1 heterocycles. The SMILES string of the molecule is CC(N)c1oc2ccccc2c1Cl. The minimum atomic E-state index is -0.167. The summed E-state index contributed by atoms with van der Waals surface area (Å²) in [4.78, 5) is 0. The highest BCUT2D eigenvalue weighted by Crippen LogP contribution is 2.32. The molecular formula is C10H10ClNO. The van der Waals surface area contributed by atoms with Crippen LogP contribution >= 0.6 is 11.6 Å². The summed E-state index contributed by atoms with van der Waals surface area (Å²) in [6.45, 7) is 1.85. The average molecular weight is 196 g/mol. The van der Waals surface area contributed by atoms with E-state index < -0.39 is 0 Å². The van der Waals surface area contributed by atoms with Crippen molar-refractivity contribution in [1.29, 1.82) is 0 Å². The van der Waals surface area contributed by atoms with Crippen molar-refractivity contribution in [1.82, 2.24) is 0 Å². The molecule has 1 unspecified atom stereocenters. The fourth-order valence-electron chi connectivity index (χ4n) is 1.33. The maximum atomic E-state index is 6.08. The van der Waals surface area contributed by atoms with E-state index in [2.05, 4.69) is 0 Å². The quantitative estimate of drug-likeness (QED) is 0.760. The van der Waals surface area contributed by atoms with Crippen molar-refractivity contribution < 1.29 is 4.42 Å². The number of hydrogen-bond donors (Lipinski definition) is 1. The molecule has 0 fully saturated rings. The van der Waals surface area contributed by atoms with E-state index in [1.807, 2.05) is 31.2 Å². The topological polar surface area (TPSA) is 39.2 Å². The van der Waals surface area contributed by atoms with Crippen LogP contribution in [-0.4, -0.2) is 0 Å². The lowest BCUT2D eigenvalue weighted by molar-refractivity contribution is 0.513. The highest BCUT2D eigenvalue weighted by atomic mass is 35.5. The van der Waals surface area contributed by atoms with Gasteiger partial charge in [-0.05, 0) is 19.1 Å². The molecule has 0 aliphatic carbocycles. The zero-order valence-electron chi connectivity index (χ0n) is 7.25. The summed E-state index contributed by atoms with van der Waals surface area (Å²) in [5.41, 5.74) is 6.49. The van der Waals surface area contributed by atoms with Gasteiger partial charge in [-0.2, -0.15) is 0 Å². The van der Waals surface area contributed by atoms with E-state index in [-0.39, 0.29) is 6.04 Å². The second kappa shape index (κ2) is 3.05. The van der Waals surface area contributed by atoms with Crippen LogP contribution < -0.4 is 5.73 Å². The van der Waals surface area contributed by atoms with Crippen molar-refractivity contribution >= 4 is 22.6 Å². The molecule has 1 aromatic heterocycles. The van der Waals surface area contributed by atoms with Crippen molar-refractivity contribution in [2.45, 2.75) is 13.0 Å². The zero-order chi connectivity index (χ0) is 9.42. The number of hydrogen-bond acceptors (Lipinski definition) is 2. The number of furan rings is 1. The molecule has 2 N–H and O–H groups in total. The lowest BCUT2D eigenvalue weighted by Crippen LogP contribution is -2.03. The van der Waals surface area contributed by atoms with Gasteiger partial charge in [0.1, 0.15) is 11.3 Å². The third-order valence-electron chi connectivity index (χ3n) is 1.97. The Kier molecular flexibility index (Phi) is 2.02. The van der Waals surface area contributed by atoms with Gasteiger partial charge in [0.2, 0.25) is 0 Å². The summed E-state index contributed by atoms with van der Waals surface area (Å²) in [7, 11) is 0. The number of fused-ring (bicyclic) bond motifs is 1. The molecule has 1 atom stereocenters. The Hall–Kier alpha value is -0.990. The summed E-state index contributed by atoms with van der Waals surface area (Å²) < 4.78 is 5.50. The van der Waals surface area contributed by atoms with Crippen molar-refractivity contribution in [2.24, 2.45) is 5.73 Å². The zero-order valence-corrected chi connectivity index (χ0v) is 8.01. The van der Waals surface area contributed by atoms with Crippen LogP contribution in [0.25, 0.3) is 11.0 Å². The third kappa shape index (κ3) is 1.32. The molecule has 0 bridgehead atoms. The van der Waals surface area contributed by atoms with E-state index in [0.717, 1.165) is 11.0 Å². The fourth-order valence-corrected chi connectivity index (χ4v) is 1.69. The first kappa shape index (κ1) is 8.60. The van der Waals surface area contributed by atoms with Gasteiger partial charge >= 0.3 is 0 Å². The van der Waals surface area contributed by atoms with Crippen molar-refractivity contribution in [3.63, 3.8) is 0 Å².